The largest absolute Gasteiger partial charge is 0.329 e. The molecule has 104 valence electrons. The van der Waals surface area contributed by atoms with Crippen molar-refractivity contribution >= 4 is 5.69 Å². The molecule has 1 aliphatic rings. The van der Waals surface area contributed by atoms with E-state index in [9.17, 15) is 10.1 Å². The number of likely N-dealkylation sites (N-methyl/N-ethyl adjacent to an activating group) is 1. The molecular formula is C14H21N3O2. The Morgan fingerprint density at radius 3 is 2.53 bits per heavy atom. The Bertz CT molecular complexity index is 429. The quantitative estimate of drug-likeness (QED) is 0.601. The summed E-state index contributed by atoms with van der Waals surface area (Å²) in [4.78, 5) is 12.5. The maximum absolute atomic E-state index is 10.6. The molecule has 0 spiro atoms. The zero-order valence-corrected chi connectivity index (χ0v) is 11.3. The lowest BCUT2D eigenvalue weighted by molar-refractivity contribution is -0.384. The van der Waals surface area contributed by atoms with E-state index in [1.165, 1.54) is 12.8 Å². The number of hydrogen-bond donors (Lipinski definition) is 1. The Morgan fingerprint density at radius 1 is 1.42 bits per heavy atom. The van der Waals surface area contributed by atoms with Crippen LogP contribution < -0.4 is 5.73 Å². The van der Waals surface area contributed by atoms with Crippen molar-refractivity contribution in [1.29, 1.82) is 0 Å². The maximum Gasteiger partial charge on any atom is 0.269 e. The van der Waals surface area contributed by atoms with Crippen LogP contribution in [-0.2, 0) is 6.42 Å². The molecule has 1 unspecified atom stereocenters. The molecule has 0 saturated heterocycles. The van der Waals surface area contributed by atoms with E-state index in [1.807, 2.05) is 12.1 Å². The molecule has 5 heteroatoms. The molecule has 0 amide bonds. The van der Waals surface area contributed by atoms with Gasteiger partial charge in [0.2, 0.25) is 0 Å². The molecule has 0 aliphatic heterocycles. The van der Waals surface area contributed by atoms with Gasteiger partial charge in [0.1, 0.15) is 0 Å². The van der Waals surface area contributed by atoms with Crippen molar-refractivity contribution in [2.24, 2.45) is 11.7 Å². The minimum absolute atomic E-state index is 0.148. The second-order valence-electron chi connectivity index (χ2n) is 5.29. The van der Waals surface area contributed by atoms with Crippen molar-refractivity contribution in [3.05, 3.63) is 39.9 Å². The number of nitrogens with zero attached hydrogens (tertiary/aromatic N) is 2. The summed E-state index contributed by atoms with van der Waals surface area (Å²) in [5, 5.41) is 10.6. The van der Waals surface area contributed by atoms with Gasteiger partial charge in [0.25, 0.3) is 5.69 Å². The van der Waals surface area contributed by atoms with Crippen LogP contribution in [0.5, 0.6) is 0 Å². The lowest BCUT2D eigenvalue weighted by atomic mass is 10.1. The first-order valence-electron chi connectivity index (χ1n) is 6.75. The van der Waals surface area contributed by atoms with Crippen molar-refractivity contribution in [1.82, 2.24) is 4.90 Å². The van der Waals surface area contributed by atoms with E-state index >= 15 is 0 Å². The van der Waals surface area contributed by atoms with Crippen LogP contribution in [0.15, 0.2) is 24.3 Å². The van der Waals surface area contributed by atoms with Crippen molar-refractivity contribution in [2.75, 3.05) is 20.1 Å². The highest BCUT2D eigenvalue weighted by atomic mass is 16.6. The molecule has 1 aromatic carbocycles. The summed E-state index contributed by atoms with van der Waals surface area (Å²) in [6, 6.07) is 7.28. The van der Waals surface area contributed by atoms with E-state index in [4.69, 9.17) is 5.73 Å². The highest BCUT2D eigenvalue weighted by Crippen LogP contribution is 2.34. The zero-order valence-electron chi connectivity index (χ0n) is 11.3. The molecule has 0 bridgehead atoms. The van der Waals surface area contributed by atoms with Gasteiger partial charge in [0.15, 0.2) is 0 Å². The summed E-state index contributed by atoms with van der Waals surface area (Å²) in [6.45, 7) is 1.65. The summed E-state index contributed by atoms with van der Waals surface area (Å²) < 4.78 is 0. The van der Waals surface area contributed by atoms with Gasteiger partial charge in [-0.3, -0.25) is 10.1 Å². The minimum Gasteiger partial charge on any atom is -0.329 e. The third kappa shape index (κ3) is 3.75. The van der Waals surface area contributed by atoms with Gasteiger partial charge in [0.05, 0.1) is 4.92 Å². The average molecular weight is 263 g/mol. The Kier molecular flexibility index (Phi) is 4.50. The van der Waals surface area contributed by atoms with E-state index in [0.29, 0.717) is 12.6 Å². The first-order chi connectivity index (χ1) is 9.11. The lowest BCUT2D eigenvalue weighted by Crippen LogP contribution is -2.40. The van der Waals surface area contributed by atoms with Crippen LogP contribution in [0.3, 0.4) is 0 Å². The van der Waals surface area contributed by atoms with Crippen LogP contribution in [0, 0.1) is 16.0 Å². The van der Waals surface area contributed by atoms with Crippen molar-refractivity contribution in [3.8, 4) is 0 Å². The molecule has 2 rings (SSSR count). The first kappa shape index (κ1) is 14.0. The molecule has 0 heterocycles. The highest BCUT2D eigenvalue weighted by molar-refractivity contribution is 5.32. The van der Waals surface area contributed by atoms with Gasteiger partial charge in [0, 0.05) is 31.3 Å². The normalized spacial score (nSPS) is 16.6. The number of nitrogens with two attached hydrogens (primary N) is 1. The van der Waals surface area contributed by atoms with Gasteiger partial charge in [-0.2, -0.15) is 0 Å². The Hall–Kier alpha value is -1.46. The van der Waals surface area contributed by atoms with Crippen molar-refractivity contribution in [2.45, 2.75) is 25.3 Å². The predicted octanol–water partition coefficient (Wildman–Crippen LogP) is 1.81. The zero-order chi connectivity index (χ0) is 13.8. The van der Waals surface area contributed by atoms with Gasteiger partial charge in [-0.15, -0.1) is 0 Å². The van der Waals surface area contributed by atoms with Crippen LogP contribution in [0.1, 0.15) is 18.4 Å². The monoisotopic (exact) mass is 263 g/mol. The van der Waals surface area contributed by atoms with Crippen LogP contribution in [0.4, 0.5) is 5.69 Å². The standard InChI is InChI=1S/C14H21N3O2/c1-16(14(10-15)12-4-5-12)9-8-11-2-6-13(7-3-11)17(18)19/h2-3,6-7,12,14H,4-5,8-10,15H2,1H3. The van der Waals surface area contributed by atoms with Crippen LogP contribution >= 0.6 is 0 Å². The molecule has 1 aromatic rings. The molecule has 0 radical (unpaired) electrons. The molecular weight excluding hydrogens is 242 g/mol. The number of hydrogen-bond acceptors (Lipinski definition) is 4. The summed E-state index contributed by atoms with van der Waals surface area (Å²) in [6.07, 6.45) is 3.49. The smallest absolute Gasteiger partial charge is 0.269 e. The van der Waals surface area contributed by atoms with Crippen LogP contribution in [0.2, 0.25) is 0 Å². The summed E-state index contributed by atoms with van der Waals surface area (Å²) >= 11 is 0. The number of rotatable bonds is 7. The second-order valence-corrected chi connectivity index (χ2v) is 5.29. The SMILES string of the molecule is CN(CCc1ccc([N+](=O)[O-])cc1)C(CN)C1CC1. The fraction of sp³-hybridized carbons (Fsp3) is 0.571. The van der Waals surface area contributed by atoms with Crippen LogP contribution in [0.25, 0.3) is 0 Å². The summed E-state index contributed by atoms with van der Waals surface area (Å²) in [5.74, 6) is 0.770. The van der Waals surface area contributed by atoms with E-state index < -0.39 is 0 Å². The number of non-ortho nitro benzene ring substituents is 1. The topological polar surface area (TPSA) is 72.4 Å². The average Bonchev–Trinajstić information content (AvgIpc) is 3.22. The van der Waals surface area contributed by atoms with E-state index in [-0.39, 0.29) is 10.6 Å². The molecule has 1 saturated carbocycles. The number of nitro benzene ring substituents is 1. The fourth-order valence-electron chi connectivity index (χ4n) is 2.47. The Labute approximate surface area is 113 Å². The van der Waals surface area contributed by atoms with Gasteiger partial charge >= 0.3 is 0 Å². The van der Waals surface area contributed by atoms with Gasteiger partial charge in [-0.1, -0.05) is 12.1 Å². The Balaban J connectivity index is 1.85. The van der Waals surface area contributed by atoms with E-state index in [2.05, 4.69) is 11.9 Å². The van der Waals surface area contributed by atoms with Gasteiger partial charge in [-0.25, -0.2) is 0 Å². The minimum atomic E-state index is -0.368. The summed E-state index contributed by atoms with van der Waals surface area (Å²) in [5.41, 5.74) is 7.10. The number of benzene rings is 1. The molecule has 19 heavy (non-hydrogen) atoms. The molecule has 0 aromatic heterocycles. The molecule has 1 atom stereocenters. The van der Waals surface area contributed by atoms with Crippen LogP contribution in [-0.4, -0.2) is 36.0 Å². The third-order valence-corrected chi connectivity index (χ3v) is 3.87. The predicted molar refractivity (Wildman–Crippen MR) is 75.0 cm³/mol. The molecule has 5 nitrogen and oxygen atoms in total. The third-order valence-electron chi connectivity index (χ3n) is 3.87. The molecule has 1 fully saturated rings. The first-order valence-corrected chi connectivity index (χ1v) is 6.75. The highest BCUT2D eigenvalue weighted by Gasteiger charge is 2.32. The van der Waals surface area contributed by atoms with Crippen molar-refractivity contribution in [3.63, 3.8) is 0 Å². The number of nitro groups is 1. The lowest BCUT2D eigenvalue weighted by Gasteiger charge is -2.26. The Morgan fingerprint density at radius 2 is 2.05 bits per heavy atom. The van der Waals surface area contributed by atoms with Gasteiger partial charge in [-0.05, 0) is 37.8 Å². The summed E-state index contributed by atoms with van der Waals surface area (Å²) in [7, 11) is 2.11. The second kappa shape index (κ2) is 6.12. The van der Waals surface area contributed by atoms with E-state index in [0.717, 1.165) is 24.4 Å². The molecule has 1 aliphatic carbocycles. The van der Waals surface area contributed by atoms with Crippen molar-refractivity contribution < 1.29 is 4.92 Å². The van der Waals surface area contributed by atoms with E-state index in [1.54, 1.807) is 12.1 Å². The van der Waals surface area contributed by atoms with Gasteiger partial charge < -0.3 is 10.6 Å². The molecule has 2 N–H and O–H groups in total. The maximum atomic E-state index is 10.6. The fourth-order valence-corrected chi connectivity index (χ4v) is 2.47.